The van der Waals surface area contributed by atoms with Crippen molar-refractivity contribution < 1.29 is 29.5 Å². The van der Waals surface area contributed by atoms with E-state index >= 15 is 0 Å². The van der Waals surface area contributed by atoms with Crippen molar-refractivity contribution in [3.8, 4) is 0 Å². The first-order valence-corrected chi connectivity index (χ1v) is 9.15. The molecule has 3 N–H and O–H groups in total. The summed E-state index contributed by atoms with van der Waals surface area (Å²) in [6, 6.07) is 9.53. The van der Waals surface area contributed by atoms with Crippen LogP contribution in [0.2, 0.25) is 0 Å². The number of hydrogen-bond donors (Lipinski definition) is 3. The predicted molar refractivity (Wildman–Crippen MR) is 88.6 cm³/mol. The van der Waals surface area contributed by atoms with Crippen LogP contribution in [0.3, 0.4) is 0 Å². The van der Waals surface area contributed by atoms with Crippen molar-refractivity contribution in [2.75, 3.05) is 0 Å². The molecule has 25 heavy (non-hydrogen) atoms. The summed E-state index contributed by atoms with van der Waals surface area (Å²) >= 11 is 0. The zero-order chi connectivity index (χ0) is 17.4. The van der Waals surface area contributed by atoms with Gasteiger partial charge in [-0.05, 0) is 18.4 Å². The number of benzene rings is 1. The number of rotatable bonds is 3. The summed E-state index contributed by atoms with van der Waals surface area (Å²) < 4.78 is 17.8. The predicted octanol–water partition coefficient (Wildman–Crippen LogP) is 1.11. The van der Waals surface area contributed by atoms with Crippen LogP contribution in [0, 0.1) is 0 Å². The molecule has 1 aromatic rings. The number of ether oxygens (including phenoxy) is 3. The average molecular weight is 350 g/mol. The summed E-state index contributed by atoms with van der Waals surface area (Å²) in [7, 11) is 0. The summed E-state index contributed by atoms with van der Waals surface area (Å²) in [6.45, 7) is 0.246. The molecule has 1 spiro atoms. The summed E-state index contributed by atoms with van der Waals surface area (Å²) in [5.74, 6) is -0.733. The zero-order valence-corrected chi connectivity index (χ0v) is 14.2. The first-order valence-electron chi connectivity index (χ1n) is 9.15. The van der Waals surface area contributed by atoms with Gasteiger partial charge in [-0.25, -0.2) is 0 Å². The molecule has 6 heteroatoms. The lowest BCUT2D eigenvalue weighted by Crippen LogP contribution is -2.63. The quantitative estimate of drug-likeness (QED) is 0.757. The van der Waals surface area contributed by atoms with Crippen molar-refractivity contribution in [3.63, 3.8) is 0 Å². The number of aliphatic hydroxyl groups excluding tert-OH is 3. The molecule has 0 aromatic heterocycles. The Morgan fingerprint density at radius 2 is 1.52 bits per heavy atom. The molecule has 6 atom stereocenters. The molecule has 1 aliphatic heterocycles. The van der Waals surface area contributed by atoms with Crippen molar-refractivity contribution >= 4 is 0 Å². The molecular formula is C19H26O6. The van der Waals surface area contributed by atoms with E-state index in [-0.39, 0.29) is 6.61 Å². The standard InChI is InChI=1S/C19H26O6/c20-13-14(21)17-18(25-19(24-17)9-5-2-6-10-19)15(22)16(13)23-11-12-7-3-1-4-8-12/h1,3-4,7-8,13-18,20-22H,2,5-6,9-11H2/t13-,14-,15-,16+,17+,18-/m0/s1. The lowest BCUT2D eigenvalue weighted by atomic mass is 9.85. The molecule has 1 heterocycles. The van der Waals surface area contributed by atoms with Gasteiger partial charge >= 0.3 is 0 Å². The molecule has 6 nitrogen and oxygen atoms in total. The maximum atomic E-state index is 10.7. The molecule has 1 aromatic carbocycles. The average Bonchev–Trinajstić information content (AvgIpc) is 3.00. The maximum Gasteiger partial charge on any atom is 0.169 e. The number of hydrogen-bond acceptors (Lipinski definition) is 6. The van der Waals surface area contributed by atoms with Crippen LogP contribution in [-0.2, 0) is 20.8 Å². The molecule has 4 rings (SSSR count). The maximum absolute atomic E-state index is 10.7. The van der Waals surface area contributed by atoms with Crippen molar-refractivity contribution in [2.24, 2.45) is 0 Å². The first-order chi connectivity index (χ1) is 12.1. The van der Waals surface area contributed by atoms with Gasteiger partial charge in [-0.3, -0.25) is 0 Å². The Morgan fingerprint density at radius 3 is 2.20 bits per heavy atom. The van der Waals surface area contributed by atoms with Crippen molar-refractivity contribution in [2.45, 2.75) is 81.1 Å². The van der Waals surface area contributed by atoms with Crippen LogP contribution in [0.25, 0.3) is 0 Å². The third kappa shape index (κ3) is 3.23. The van der Waals surface area contributed by atoms with Gasteiger partial charge in [-0.2, -0.15) is 0 Å². The van der Waals surface area contributed by atoms with Gasteiger partial charge in [-0.1, -0.05) is 36.8 Å². The van der Waals surface area contributed by atoms with Crippen LogP contribution in [-0.4, -0.2) is 57.7 Å². The van der Waals surface area contributed by atoms with E-state index in [0.717, 1.165) is 37.7 Å². The van der Waals surface area contributed by atoms with E-state index in [1.165, 1.54) is 0 Å². The largest absolute Gasteiger partial charge is 0.387 e. The lowest BCUT2D eigenvalue weighted by Gasteiger charge is -2.41. The molecule has 2 aliphatic carbocycles. The second-order valence-corrected chi connectivity index (χ2v) is 7.37. The smallest absolute Gasteiger partial charge is 0.169 e. The highest BCUT2D eigenvalue weighted by Crippen LogP contribution is 2.45. The topological polar surface area (TPSA) is 88.4 Å². The first kappa shape index (κ1) is 17.4. The highest BCUT2D eigenvalue weighted by atomic mass is 16.8. The minimum absolute atomic E-state index is 0.246. The zero-order valence-electron chi connectivity index (χ0n) is 14.2. The van der Waals surface area contributed by atoms with Crippen molar-refractivity contribution in [1.82, 2.24) is 0 Å². The Kier molecular flexibility index (Phi) is 4.83. The van der Waals surface area contributed by atoms with E-state index in [1.54, 1.807) is 0 Å². The molecule has 1 saturated heterocycles. The molecule has 2 saturated carbocycles. The van der Waals surface area contributed by atoms with Gasteiger partial charge < -0.3 is 29.5 Å². The van der Waals surface area contributed by atoms with Crippen LogP contribution >= 0.6 is 0 Å². The van der Waals surface area contributed by atoms with E-state index < -0.39 is 42.4 Å². The third-order valence-electron chi connectivity index (χ3n) is 5.62. The fourth-order valence-corrected chi connectivity index (χ4v) is 4.25. The highest BCUT2D eigenvalue weighted by molar-refractivity contribution is 5.14. The molecular weight excluding hydrogens is 324 g/mol. The molecule has 0 radical (unpaired) electrons. The summed E-state index contributed by atoms with van der Waals surface area (Å²) in [5.41, 5.74) is 0.936. The Hall–Kier alpha value is -1.02. The Labute approximate surface area is 147 Å². The molecule has 138 valence electrons. The van der Waals surface area contributed by atoms with Crippen LogP contribution < -0.4 is 0 Å². The summed E-state index contributed by atoms with van der Waals surface area (Å²) in [4.78, 5) is 0. The fraction of sp³-hybridized carbons (Fsp3) is 0.684. The molecule has 3 fully saturated rings. The second kappa shape index (κ2) is 6.95. The van der Waals surface area contributed by atoms with Gasteiger partial charge in [0.1, 0.15) is 36.6 Å². The Bertz CT molecular complexity index is 573. The second-order valence-electron chi connectivity index (χ2n) is 7.37. The van der Waals surface area contributed by atoms with Gasteiger partial charge in [0.15, 0.2) is 5.79 Å². The monoisotopic (exact) mass is 350 g/mol. The third-order valence-corrected chi connectivity index (χ3v) is 5.62. The van der Waals surface area contributed by atoms with E-state index in [9.17, 15) is 15.3 Å². The van der Waals surface area contributed by atoms with Gasteiger partial charge in [0.2, 0.25) is 0 Å². The Balaban J connectivity index is 1.47. The number of aliphatic hydroxyl groups is 3. The highest BCUT2D eigenvalue weighted by Gasteiger charge is 2.60. The minimum Gasteiger partial charge on any atom is -0.387 e. The molecule has 3 aliphatic rings. The van der Waals surface area contributed by atoms with E-state index in [1.807, 2.05) is 30.3 Å². The summed E-state index contributed by atoms with van der Waals surface area (Å²) in [5, 5.41) is 31.7. The summed E-state index contributed by atoms with van der Waals surface area (Å²) in [6.07, 6.45) is -1.08. The van der Waals surface area contributed by atoms with Gasteiger partial charge in [0, 0.05) is 12.8 Å². The van der Waals surface area contributed by atoms with Crippen LogP contribution in [0.5, 0.6) is 0 Å². The van der Waals surface area contributed by atoms with Crippen molar-refractivity contribution in [1.29, 1.82) is 0 Å². The van der Waals surface area contributed by atoms with Gasteiger partial charge in [0.05, 0.1) is 6.61 Å². The van der Waals surface area contributed by atoms with Crippen LogP contribution in [0.1, 0.15) is 37.7 Å². The minimum atomic E-state index is -1.22. The van der Waals surface area contributed by atoms with E-state index in [0.29, 0.717) is 0 Å². The molecule has 0 amide bonds. The van der Waals surface area contributed by atoms with Gasteiger partial charge in [0.25, 0.3) is 0 Å². The Morgan fingerprint density at radius 1 is 0.880 bits per heavy atom. The normalized spacial score (nSPS) is 40.1. The van der Waals surface area contributed by atoms with Crippen LogP contribution in [0.15, 0.2) is 30.3 Å². The SMILES string of the molecule is O[C@H]1[C@H](O)[C@H]2OC3(CCCCC3)O[C@H]2[C@@H](O)[C@@H]1OCc1ccccc1. The molecule has 0 unspecified atom stereocenters. The van der Waals surface area contributed by atoms with Crippen LogP contribution in [0.4, 0.5) is 0 Å². The molecule has 0 bridgehead atoms. The van der Waals surface area contributed by atoms with Gasteiger partial charge in [-0.15, -0.1) is 0 Å². The number of fused-ring (bicyclic) bond motifs is 1. The van der Waals surface area contributed by atoms with E-state index in [2.05, 4.69) is 0 Å². The fourth-order valence-electron chi connectivity index (χ4n) is 4.25. The van der Waals surface area contributed by atoms with E-state index in [4.69, 9.17) is 14.2 Å². The van der Waals surface area contributed by atoms with Crippen molar-refractivity contribution in [3.05, 3.63) is 35.9 Å². The lowest BCUT2D eigenvalue weighted by molar-refractivity contribution is -0.211.